The van der Waals surface area contributed by atoms with E-state index in [2.05, 4.69) is 12.2 Å². The fourth-order valence-electron chi connectivity index (χ4n) is 1.81. The van der Waals surface area contributed by atoms with Gasteiger partial charge in [0, 0.05) is 17.6 Å². The van der Waals surface area contributed by atoms with Crippen LogP contribution in [-0.2, 0) is 6.54 Å². The van der Waals surface area contributed by atoms with E-state index in [1.165, 1.54) is 12.1 Å². The number of hydrogen-bond donors (Lipinski definition) is 1. The highest BCUT2D eigenvalue weighted by molar-refractivity contribution is 6.31. The van der Waals surface area contributed by atoms with Crippen molar-refractivity contribution in [3.05, 3.63) is 70.5 Å². The molecule has 1 nitrogen and oxygen atoms in total. The van der Waals surface area contributed by atoms with Crippen molar-refractivity contribution in [1.29, 1.82) is 0 Å². The Kier molecular flexibility index (Phi) is 4.34. The quantitative estimate of drug-likeness (QED) is 0.866. The van der Waals surface area contributed by atoms with Crippen molar-refractivity contribution in [2.45, 2.75) is 19.5 Å². The summed E-state index contributed by atoms with van der Waals surface area (Å²) in [5.41, 5.74) is 2.12. The monoisotopic (exact) mass is 263 g/mol. The Morgan fingerprint density at radius 1 is 1.11 bits per heavy atom. The van der Waals surface area contributed by atoms with Crippen LogP contribution < -0.4 is 5.32 Å². The summed E-state index contributed by atoms with van der Waals surface area (Å²) in [5, 5.41) is 4.13. The minimum Gasteiger partial charge on any atom is -0.306 e. The number of benzene rings is 2. The summed E-state index contributed by atoms with van der Waals surface area (Å²) in [6.07, 6.45) is 0. The van der Waals surface area contributed by atoms with E-state index in [0.717, 1.165) is 16.1 Å². The third-order valence-corrected chi connectivity index (χ3v) is 3.24. The molecule has 0 saturated carbocycles. The molecule has 94 valence electrons. The maximum absolute atomic E-state index is 12.8. The summed E-state index contributed by atoms with van der Waals surface area (Å²) < 4.78 is 12.8. The van der Waals surface area contributed by atoms with Crippen LogP contribution in [0.1, 0.15) is 24.1 Å². The van der Waals surface area contributed by atoms with Gasteiger partial charge in [-0.3, -0.25) is 0 Å². The highest BCUT2D eigenvalue weighted by Gasteiger charge is 2.08. The number of halogens is 2. The molecule has 2 rings (SSSR count). The molecule has 0 aromatic heterocycles. The van der Waals surface area contributed by atoms with Crippen LogP contribution in [0.4, 0.5) is 4.39 Å². The maximum atomic E-state index is 12.8. The third kappa shape index (κ3) is 3.31. The van der Waals surface area contributed by atoms with Crippen molar-refractivity contribution >= 4 is 11.6 Å². The van der Waals surface area contributed by atoms with E-state index < -0.39 is 0 Å². The molecule has 0 saturated heterocycles. The van der Waals surface area contributed by atoms with E-state index >= 15 is 0 Å². The lowest BCUT2D eigenvalue weighted by Gasteiger charge is -2.15. The highest BCUT2D eigenvalue weighted by atomic mass is 35.5. The van der Waals surface area contributed by atoms with Crippen molar-refractivity contribution in [2.24, 2.45) is 0 Å². The summed E-state index contributed by atoms with van der Waals surface area (Å²) in [6.45, 7) is 2.75. The van der Waals surface area contributed by atoms with Crippen LogP contribution in [0.3, 0.4) is 0 Å². The molecular formula is C15H15ClFN. The topological polar surface area (TPSA) is 12.0 Å². The van der Waals surface area contributed by atoms with Crippen molar-refractivity contribution in [3.8, 4) is 0 Å². The molecule has 0 aliphatic rings. The largest absolute Gasteiger partial charge is 0.306 e. The molecule has 0 amide bonds. The van der Waals surface area contributed by atoms with Crippen LogP contribution in [0, 0.1) is 5.82 Å². The first-order valence-corrected chi connectivity index (χ1v) is 6.27. The minimum absolute atomic E-state index is 0.156. The van der Waals surface area contributed by atoms with Gasteiger partial charge in [-0.25, -0.2) is 4.39 Å². The molecular weight excluding hydrogens is 249 g/mol. The van der Waals surface area contributed by atoms with Gasteiger partial charge in [0.05, 0.1) is 0 Å². The second-order valence-electron chi connectivity index (χ2n) is 4.25. The summed E-state index contributed by atoms with van der Waals surface area (Å²) in [4.78, 5) is 0. The summed E-state index contributed by atoms with van der Waals surface area (Å²) in [7, 11) is 0. The fourth-order valence-corrected chi connectivity index (χ4v) is 2.11. The molecule has 0 heterocycles. The van der Waals surface area contributed by atoms with Gasteiger partial charge in [-0.2, -0.15) is 0 Å². The second-order valence-corrected chi connectivity index (χ2v) is 4.66. The van der Waals surface area contributed by atoms with E-state index in [9.17, 15) is 4.39 Å². The van der Waals surface area contributed by atoms with Gasteiger partial charge in [-0.1, -0.05) is 41.9 Å². The predicted molar refractivity (Wildman–Crippen MR) is 73.1 cm³/mol. The Morgan fingerprint density at radius 2 is 1.78 bits per heavy atom. The van der Waals surface area contributed by atoms with Crippen LogP contribution in [0.5, 0.6) is 0 Å². The lowest BCUT2D eigenvalue weighted by molar-refractivity contribution is 0.573. The summed E-state index contributed by atoms with van der Waals surface area (Å²) in [6, 6.07) is 14.4. The molecule has 1 atom stereocenters. The van der Waals surface area contributed by atoms with Gasteiger partial charge < -0.3 is 5.32 Å². The number of rotatable bonds is 4. The normalized spacial score (nSPS) is 12.4. The third-order valence-electron chi connectivity index (χ3n) is 2.90. The van der Waals surface area contributed by atoms with Crippen LogP contribution >= 0.6 is 11.6 Å². The van der Waals surface area contributed by atoms with Crippen molar-refractivity contribution < 1.29 is 4.39 Å². The van der Waals surface area contributed by atoms with Crippen LogP contribution in [-0.4, -0.2) is 0 Å². The van der Waals surface area contributed by atoms with E-state index in [1.54, 1.807) is 12.1 Å². The zero-order valence-electron chi connectivity index (χ0n) is 10.2. The summed E-state index contributed by atoms with van der Waals surface area (Å²) in [5.74, 6) is -0.210. The Balaban J connectivity index is 1.98. The molecule has 0 radical (unpaired) electrons. The van der Waals surface area contributed by atoms with E-state index in [0.29, 0.717) is 6.54 Å². The Morgan fingerprint density at radius 3 is 2.44 bits per heavy atom. The van der Waals surface area contributed by atoms with E-state index in [1.807, 2.05) is 24.3 Å². The van der Waals surface area contributed by atoms with Gasteiger partial charge in [0.1, 0.15) is 5.82 Å². The van der Waals surface area contributed by atoms with Crippen molar-refractivity contribution in [3.63, 3.8) is 0 Å². The fraction of sp³-hybridized carbons (Fsp3) is 0.200. The molecule has 0 bridgehead atoms. The molecule has 2 aromatic rings. The van der Waals surface area contributed by atoms with Gasteiger partial charge >= 0.3 is 0 Å². The molecule has 18 heavy (non-hydrogen) atoms. The number of hydrogen-bond acceptors (Lipinski definition) is 1. The van der Waals surface area contributed by atoms with Crippen LogP contribution in [0.2, 0.25) is 5.02 Å². The van der Waals surface area contributed by atoms with Gasteiger partial charge in [0.25, 0.3) is 0 Å². The molecule has 1 N–H and O–H groups in total. The van der Waals surface area contributed by atoms with Gasteiger partial charge in [0.15, 0.2) is 0 Å². The Hall–Kier alpha value is -1.38. The number of nitrogens with one attached hydrogen (secondary N) is 1. The van der Waals surface area contributed by atoms with Crippen molar-refractivity contribution in [2.75, 3.05) is 0 Å². The molecule has 0 fully saturated rings. The lowest BCUT2D eigenvalue weighted by Crippen LogP contribution is -2.18. The lowest BCUT2D eigenvalue weighted by atomic mass is 10.1. The first-order valence-electron chi connectivity index (χ1n) is 5.89. The average Bonchev–Trinajstić information content (AvgIpc) is 2.38. The molecule has 0 spiro atoms. The average molecular weight is 264 g/mol. The van der Waals surface area contributed by atoms with Gasteiger partial charge in [0.2, 0.25) is 0 Å². The highest BCUT2D eigenvalue weighted by Crippen LogP contribution is 2.22. The predicted octanol–water partition coefficient (Wildman–Crippen LogP) is 4.33. The standard InChI is InChI=1S/C15H15ClFN/c1-11(14-4-2-3-5-15(14)16)18-10-12-6-8-13(17)9-7-12/h2-9,11,18H,10H2,1H3/t11-/m0/s1. The van der Waals surface area contributed by atoms with Gasteiger partial charge in [-0.15, -0.1) is 0 Å². The zero-order chi connectivity index (χ0) is 13.0. The Labute approximate surface area is 112 Å². The molecule has 2 aromatic carbocycles. The van der Waals surface area contributed by atoms with Gasteiger partial charge in [-0.05, 0) is 36.2 Å². The van der Waals surface area contributed by atoms with E-state index in [4.69, 9.17) is 11.6 Å². The van der Waals surface area contributed by atoms with E-state index in [-0.39, 0.29) is 11.9 Å². The second kappa shape index (κ2) is 5.98. The Bertz CT molecular complexity index is 510. The molecule has 0 aliphatic carbocycles. The first kappa shape index (κ1) is 13.1. The molecule has 3 heteroatoms. The minimum atomic E-state index is -0.210. The molecule has 0 aliphatic heterocycles. The van der Waals surface area contributed by atoms with Crippen LogP contribution in [0.25, 0.3) is 0 Å². The smallest absolute Gasteiger partial charge is 0.123 e. The first-order chi connectivity index (χ1) is 8.66. The SMILES string of the molecule is C[C@H](NCc1ccc(F)cc1)c1ccccc1Cl. The van der Waals surface area contributed by atoms with Crippen LogP contribution in [0.15, 0.2) is 48.5 Å². The summed E-state index contributed by atoms with van der Waals surface area (Å²) >= 11 is 6.13. The molecule has 0 unspecified atom stereocenters. The van der Waals surface area contributed by atoms with Crippen molar-refractivity contribution in [1.82, 2.24) is 5.32 Å². The zero-order valence-corrected chi connectivity index (χ0v) is 10.9. The maximum Gasteiger partial charge on any atom is 0.123 e.